The Hall–Kier alpha value is -1.08. The van der Waals surface area contributed by atoms with Crippen LogP contribution in [0.3, 0.4) is 0 Å². The SMILES string of the molecule is CC(=O)N1CCC(Cn2cc(CSCCO)nn2)CC1. The van der Waals surface area contributed by atoms with E-state index in [2.05, 4.69) is 10.3 Å². The molecule has 0 aliphatic carbocycles. The quantitative estimate of drug-likeness (QED) is 0.785. The summed E-state index contributed by atoms with van der Waals surface area (Å²) in [5.74, 6) is 2.28. The summed E-state index contributed by atoms with van der Waals surface area (Å²) >= 11 is 1.66. The van der Waals surface area contributed by atoms with Crippen molar-refractivity contribution >= 4 is 17.7 Å². The van der Waals surface area contributed by atoms with Crippen LogP contribution in [0.15, 0.2) is 6.20 Å². The first-order valence-electron chi connectivity index (χ1n) is 7.02. The van der Waals surface area contributed by atoms with E-state index in [1.807, 2.05) is 15.8 Å². The second-order valence-corrected chi connectivity index (χ2v) is 6.26. The molecular formula is C13H22N4O2S. The fourth-order valence-corrected chi connectivity index (χ4v) is 3.05. The summed E-state index contributed by atoms with van der Waals surface area (Å²) in [6.45, 7) is 4.42. The highest BCUT2D eigenvalue weighted by atomic mass is 32.2. The topological polar surface area (TPSA) is 71.2 Å². The minimum atomic E-state index is 0.174. The molecule has 112 valence electrons. The van der Waals surface area contributed by atoms with Crippen LogP contribution in [0.2, 0.25) is 0 Å². The first-order valence-corrected chi connectivity index (χ1v) is 8.17. The lowest BCUT2D eigenvalue weighted by molar-refractivity contribution is -0.130. The maximum absolute atomic E-state index is 11.3. The summed E-state index contributed by atoms with van der Waals surface area (Å²) in [6.07, 6.45) is 4.06. The molecule has 0 bridgehead atoms. The van der Waals surface area contributed by atoms with Gasteiger partial charge in [0.15, 0.2) is 0 Å². The van der Waals surface area contributed by atoms with E-state index in [-0.39, 0.29) is 12.5 Å². The van der Waals surface area contributed by atoms with Crippen LogP contribution in [0, 0.1) is 5.92 Å². The van der Waals surface area contributed by atoms with Crippen molar-refractivity contribution in [3.05, 3.63) is 11.9 Å². The van der Waals surface area contributed by atoms with Gasteiger partial charge in [0, 0.05) is 44.3 Å². The average Bonchev–Trinajstić information content (AvgIpc) is 2.87. The fourth-order valence-electron chi connectivity index (χ4n) is 2.43. The van der Waals surface area contributed by atoms with Gasteiger partial charge < -0.3 is 10.0 Å². The monoisotopic (exact) mass is 298 g/mol. The standard InChI is InChI=1S/C13H22N4O2S/c1-11(19)16-4-2-12(3-5-16)8-17-9-13(14-15-17)10-20-7-6-18/h9,12,18H,2-8,10H2,1H3. The number of carbonyl (C=O) groups is 1. The molecule has 0 aromatic carbocycles. The van der Waals surface area contributed by atoms with E-state index in [1.54, 1.807) is 18.7 Å². The van der Waals surface area contributed by atoms with Gasteiger partial charge in [-0.1, -0.05) is 5.21 Å². The van der Waals surface area contributed by atoms with Crippen molar-refractivity contribution in [3.63, 3.8) is 0 Å². The molecular weight excluding hydrogens is 276 g/mol. The number of amides is 1. The van der Waals surface area contributed by atoms with Gasteiger partial charge in [0.25, 0.3) is 0 Å². The Balaban J connectivity index is 1.75. The van der Waals surface area contributed by atoms with Gasteiger partial charge in [-0.2, -0.15) is 11.8 Å². The lowest BCUT2D eigenvalue weighted by Crippen LogP contribution is -2.38. The lowest BCUT2D eigenvalue weighted by Gasteiger charge is -2.31. The maximum Gasteiger partial charge on any atom is 0.219 e. The van der Waals surface area contributed by atoms with E-state index < -0.39 is 0 Å². The molecule has 1 aliphatic heterocycles. The number of carbonyl (C=O) groups excluding carboxylic acids is 1. The zero-order valence-corrected chi connectivity index (χ0v) is 12.7. The molecule has 0 atom stereocenters. The van der Waals surface area contributed by atoms with Crippen LogP contribution in [-0.4, -0.2) is 56.4 Å². The average molecular weight is 298 g/mol. The Morgan fingerprint density at radius 2 is 2.25 bits per heavy atom. The van der Waals surface area contributed by atoms with Crippen molar-refractivity contribution in [3.8, 4) is 0 Å². The minimum Gasteiger partial charge on any atom is -0.396 e. The first-order chi connectivity index (χ1) is 9.69. The summed E-state index contributed by atoms with van der Waals surface area (Å²) in [7, 11) is 0. The predicted octanol–water partition coefficient (Wildman–Crippen LogP) is 0.762. The molecule has 1 aromatic heterocycles. The van der Waals surface area contributed by atoms with Crippen LogP contribution in [-0.2, 0) is 17.1 Å². The smallest absolute Gasteiger partial charge is 0.219 e. The number of aliphatic hydroxyl groups excluding tert-OH is 1. The molecule has 0 spiro atoms. The molecule has 1 amide bonds. The molecule has 6 nitrogen and oxygen atoms in total. The van der Waals surface area contributed by atoms with Crippen LogP contribution in [0.4, 0.5) is 0 Å². The predicted molar refractivity (Wildman–Crippen MR) is 78.2 cm³/mol. The first kappa shape index (κ1) is 15.3. The fraction of sp³-hybridized carbons (Fsp3) is 0.769. The number of hydrogen-bond acceptors (Lipinski definition) is 5. The van der Waals surface area contributed by atoms with Crippen molar-refractivity contribution in [2.45, 2.75) is 32.1 Å². The van der Waals surface area contributed by atoms with Crippen molar-refractivity contribution in [2.75, 3.05) is 25.4 Å². The molecule has 1 aliphatic rings. The zero-order chi connectivity index (χ0) is 14.4. The number of rotatable bonds is 6. The molecule has 1 N–H and O–H groups in total. The van der Waals surface area contributed by atoms with Crippen molar-refractivity contribution in [1.29, 1.82) is 0 Å². The van der Waals surface area contributed by atoms with Crippen molar-refractivity contribution < 1.29 is 9.90 Å². The Kier molecular flexibility index (Phi) is 5.85. The number of thioether (sulfide) groups is 1. The Bertz CT molecular complexity index is 430. The van der Waals surface area contributed by atoms with E-state index in [1.165, 1.54) is 0 Å². The summed E-state index contributed by atoms with van der Waals surface area (Å²) in [6, 6.07) is 0. The van der Waals surface area contributed by atoms with Crippen LogP contribution < -0.4 is 0 Å². The van der Waals surface area contributed by atoms with E-state index in [0.29, 0.717) is 5.92 Å². The molecule has 1 aromatic rings. The normalized spacial score (nSPS) is 16.6. The molecule has 7 heteroatoms. The molecule has 0 unspecified atom stereocenters. The van der Waals surface area contributed by atoms with Gasteiger partial charge in [-0.15, -0.1) is 5.10 Å². The number of hydrogen-bond donors (Lipinski definition) is 1. The number of piperidine rings is 1. The second-order valence-electron chi connectivity index (χ2n) is 5.16. The molecule has 1 fully saturated rings. The molecule has 20 heavy (non-hydrogen) atoms. The number of aromatic nitrogens is 3. The summed E-state index contributed by atoms with van der Waals surface area (Å²) in [5.41, 5.74) is 0.963. The Morgan fingerprint density at radius 3 is 2.90 bits per heavy atom. The van der Waals surface area contributed by atoms with Crippen molar-refractivity contribution in [2.24, 2.45) is 5.92 Å². The van der Waals surface area contributed by atoms with Crippen LogP contribution in [0.25, 0.3) is 0 Å². The molecule has 0 saturated carbocycles. The molecule has 1 saturated heterocycles. The van der Waals surface area contributed by atoms with Crippen LogP contribution in [0.1, 0.15) is 25.5 Å². The van der Waals surface area contributed by atoms with Gasteiger partial charge in [0.2, 0.25) is 5.91 Å². The van der Waals surface area contributed by atoms with Gasteiger partial charge in [-0.05, 0) is 18.8 Å². The van der Waals surface area contributed by atoms with Gasteiger partial charge in [0.05, 0.1) is 12.3 Å². The highest BCUT2D eigenvalue weighted by molar-refractivity contribution is 7.98. The van der Waals surface area contributed by atoms with E-state index >= 15 is 0 Å². The molecule has 2 heterocycles. The molecule has 2 rings (SSSR count). The van der Waals surface area contributed by atoms with Gasteiger partial charge in [0.1, 0.15) is 0 Å². The maximum atomic E-state index is 11.3. The van der Waals surface area contributed by atoms with Gasteiger partial charge >= 0.3 is 0 Å². The summed E-state index contributed by atoms with van der Waals surface area (Å²) in [5, 5.41) is 17.0. The largest absolute Gasteiger partial charge is 0.396 e. The van der Waals surface area contributed by atoms with E-state index in [9.17, 15) is 4.79 Å². The van der Waals surface area contributed by atoms with Crippen molar-refractivity contribution in [1.82, 2.24) is 19.9 Å². The highest BCUT2D eigenvalue weighted by Crippen LogP contribution is 2.19. The molecule has 0 radical (unpaired) electrons. The van der Waals surface area contributed by atoms with Crippen LogP contribution >= 0.6 is 11.8 Å². The third kappa shape index (κ3) is 4.49. The number of aliphatic hydroxyl groups is 1. The Labute approximate surface area is 123 Å². The van der Waals surface area contributed by atoms with Gasteiger partial charge in [-0.3, -0.25) is 9.48 Å². The van der Waals surface area contributed by atoms with E-state index in [0.717, 1.165) is 49.7 Å². The summed E-state index contributed by atoms with van der Waals surface area (Å²) < 4.78 is 1.91. The zero-order valence-electron chi connectivity index (χ0n) is 11.9. The van der Waals surface area contributed by atoms with Crippen LogP contribution in [0.5, 0.6) is 0 Å². The second kappa shape index (κ2) is 7.64. The Morgan fingerprint density at radius 1 is 1.50 bits per heavy atom. The third-order valence-electron chi connectivity index (χ3n) is 3.58. The third-order valence-corrected chi connectivity index (χ3v) is 4.55. The van der Waals surface area contributed by atoms with E-state index in [4.69, 9.17) is 5.11 Å². The summed E-state index contributed by atoms with van der Waals surface area (Å²) in [4.78, 5) is 13.2. The highest BCUT2D eigenvalue weighted by Gasteiger charge is 2.21. The van der Waals surface area contributed by atoms with Gasteiger partial charge in [-0.25, -0.2) is 0 Å². The number of nitrogens with zero attached hydrogens (tertiary/aromatic N) is 4. The lowest BCUT2D eigenvalue weighted by atomic mass is 9.97. The minimum absolute atomic E-state index is 0.174. The number of likely N-dealkylation sites (tertiary alicyclic amines) is 1.